The minimum atomic E-state index is -0.176. The second-order valence-corrected chi connectivity index (χ2v) is 5.78. The maximum atomic E-state index is 12.7. The van der Waals surface area contributed by atoms with Gasteiger partial charge in [0, 0.05) is 29.2 Å². The average Bonchev–Trinajstić information content (AvgIpc) is 2.67. The minimum absolute atomic E-state index is 0.0877. The number of para-hydroxylation sites is 1. The van der Waals surface area contributed by atoms with Crippen LogP contribution < -0.4 is 4.90 Å². The molecule has 0 unspecified atom stereocenters. The summed E-state index contributed by atoms with van der Waals surface area (Å²) in [7, 11) is 0. The molecular formula is C16H13BrN2O2. The van der Waals surface area contributed by atoms with E-state index in [-0.39, 0.29) is 11.7 Å². The predicted molar refractivity (Wildman–Crippen MR) is 83.6 cm³/mol. The summed E-state index contributed by atoms with van der Waals surface area (Å²) in [6.45, 7) is 0.527. The van der Waals surface area contributed by atoms with Crippen molar-refractivity contribution in [3.8, 4) is 0 Å². The molecule has 5 heteroatoms. The number of fused-ring (bicyclic) bond motifs is 1. The second kappa shape index (κ2) is 5.77. The number of benzene rings is 1. The maximum Gasteiger partial charge on any atom is 0.276 e. The van der Waals surface area contributed by atoms with Crippen LogP contribution in [0.25, 0.3) is 0 Å². The Bertz CT molecular complexity index is 698. The lowest BCUT2D eigenvalue weighted by atomic mass is 10.1. The maximum absolute atomic E-state index is 12.7. The number of halogens is 1. The summed E-state index contributed by atoms with van der Waals surface area (Å²) in [4.78, 5) is 30.6. The van der Waals surface area contributed by atoms with Gasteiger partial charge in [0.1, 0.15) is 5.69 Å². The Balaban J connectivity index is 2.01. The van der Waals surface area contributed by atoms with Crippen LogP contribution in [-0.2, 0) is 0 Å². The van der Waals surface area contributed by atoms with Crippen LogP contribution in [0.5, 0.6) is 0 Å². The number of carbonyl (C=O) groups is 2. The molecule has 106 valence electrons. The van der Waals surface area contributed by atoms with Gasteiger partial charge in [-0.05, 0) is 46.6 Å². The third-order valence-corrected chi connectivity index (χ3v) is 3.94. The van der Waals surface area contributed by atoms with Gasteiger partial charge in [-0.1, -0.05) is 12.1 Å². The van der Waals surface area contributed by atoms with E-state index in [1.54, 1.807) is 29.3 Å². The van der Waals surface area contributed by atoms with Crippen LogP contribution >= 0.6 is 15.9 Å². The van der Waals surface area contributed by atoms with Gasteiger partial charge in [0.2, 0.25) is 0 Å². The Morgan fingerprint density at radius 1 is 1.19 bits per heavy atom. The number of anilines is 1. The number of Topliss-reactive ketones (excluding diaryl/α,β-unsaturated/α-hetero) is 1. The van der Waals surface area contributed by atoms with E-state index in [0.717, 1.165) is 4.47 Å². The van der Waals surface area contributed by atoms with Crippen LogP contribution in [0.15, 0.2) is 47.1 Å². The van der Waals surface area contributed by atoms with E-state index in [1.165, 1.54) is 0 Å². The summed E-state index contributed by atoms with van der Waals surface area (Å²) in [6, 6.07) is 10.7. The van der Waals surface area contributed by atoms with Crippen LogP contribution in [-0.4, -0.2) is 23.2 Å². The van der Waals surface area contributed by atoms with E-state index < -0.39 is 0 Å². The first kappa shape index (κ1) is 13.9. The zero-order valence-electron chi connectivity index (χ0n) is 11.3. The molecule has 4 nitrogen and oxygen atoms in total. The average molecular weight is 345 g/mol. The van der Waals surface area contributed by atoms with Crippen molar-refractivity contribution >= 4 is 33.3 Å². The molecule has 0 bridgehead atoms. The normalized spacial score (nSPS) is 14.5. The van der Waals surface area contributed by atoms with Crippen molar-refractivity contribution in [2.45, 2.75) is 12.8 Å². The van der Waals surface area contributed by atoms with Gasteiger partial charge in [0.05, 0.1) is 5.69 Å². The van der Waals surface area contributed by atoms with Gasteiger partial charge in [0.25, 0.3) is 5.91 Å². The molecular weight excluding hydrogens is 332 g/mol. The van der Waals surface area contributed by atoms with E-state index in [2.05, 4.69) is 20.9 Å². The molecule has 1 aliphatic rings. The van der Waals surface area contributed by atoms with Crippen molar-refractivity contribution in [2.24, 2.45) is 0 Å². The number of aromatic nitrogens is 1. The van der Waals surface area contributed by atoms with Crippen molar-refractivity contribution in [1.29, 1.82) is 0 Å². The summed E-state index contributed by atoms with van der Waals surface area (Å²) in [6.07, 6.45) is 2.73. The van der Waals surface area contributed by atoms with Gasteiger partial charge in [-0.3, -0.25) is 9.59 Å². The van der Waals surface area contributed by atoms with Crippen LogP contribution in [0.1, 0.15) is 33.7 Å². The molecule has 0 saturated heterocycles. The van der Waals surface area contributed by atoms with E-state index >= 15 is 0 Å². The number of rotatable bonds is 1. The smallest absolute Gasteiger partial charge is 0.276 e. The minimum Gasteiger partial charge on any atom is -0.306 e. The Morgan fingerprint density at radius 2 is 2.00 bits per heavy atom. The summed E-state index contributed by atoms with van der Waals surface area (Å²) in [5.41, 5.74) is 1.66. The molecule has 21 heavy (non-hydrogen) atoms. The third kappa shape index (κ3) is 2.74. The SMILES string of the molecule is O=C1CCCN(C(=O)c2ccc(Br)cn2)c2ccccc21. The Morgan fingerprint density at radius 3 is 2.76 bits per heavy atom. The van der Waals surface area contributed by atoms with Gasteiger partial charge in [-0.2, -0.15) is 0 Å². The number of hydrogen-bond donors (Lipinski definition) is 0. The monoisotopic (exact) mass is 344 g/mol. The van der Waals surface area contributed by atoms with E-state index in [1.807, 2.05) is 18.2 Å². The zero-order valence-corrected chi connectivity index (χ0v) is 12.8. The fraction of sp³-hybridized carbons (Fsp3) is 0.188. The lowest BCUT2D eigenvalue weighted by Gasteiger charge is -2.22. The summed E-state index contributed by atoms with van der Waals surface area (Å²) in [5, 5.41) is 0. The molecule has 0 fully saturated rings. The van der Waals surface area contributed by atoms with Crippen LogP contribution in [0.3, 0.4) is 0 Å². The van der Waals surface area contributed by atoms with Crippen molar-refractivity contribution in [3.63, 3.8) is 0 Å². The fourth-order valence-electron chi connectivity index (χ4n) is 2.45. The molecule has 0 radical (unpaired) electrons. The van der Waals surface area contributed by atoms with Crippen molar-refractivity contribution < 1.29 is 9.59 Å². The Kier molecular flexibility index (Phi) is 3.84. The van der Waals surface area contributed by atoms with Crippen LogP contribution in [0, 0.1) is 0 Å². The molecule has 2 aromatic rings. The molecule has 1 aromatic heterocycles. The lowest BCUT2D eigenvalue weighted by Crippen LogP contribution is -2.32. The topological polar surface area (TPSA) is 50.3 Å². The highest BCUT2D eigenvalue weighted by Gasteiger charge is 2.26. The van der Waals surface area contributed by atoms with Crippen LogP contribution in [0.2, 0.25) is 0 Å². The van der Waals surface area contributed by atoms with E-state index in [4.69, 9.17) is 0 Å². The highest BCUT2D eigenvalue weighted by Crippen LogP contribution is 2.27. The van der Waals surface area contributed by atoms with E-state index in [0.29, 0.717) is 36.3 Å². The van der Waals surface area contributed by atoms with Gasteiger partial charge in [-0.25, -0.2) is 4.98 Å². The Hall–Kier alpha value is -2.01. The first-order valence-corrected chi connectivity index (χ1v) is 7.52. The van der Waals surface area contributed by atoms with E-state index in [9.17, 15) is 9.59 Å². The predicted octanol–water partition coefficient (Wildman–Crippen LogP) is 3.47. The quantitative estimate of drug-likeness (QED) is 0.795. The molecule has 2 heterocycles. The number of pyridine rings is 1. The second-order valence-electron chi connectivity index (χ2n) is 4.86. The van der Waals surface area contributed by atoms with Gasteiger partial charge < -0.3 is 4.90 Å². The number of nitrogens with zero attached hydrogens (tertiary/aromatic N) is 2. The molecule has 0 N–H and O–H groups in total. The fourth-order valence-corrected chi connectivity index (χ4v) is 2.68. The van der Waals surface area contributed by atoms with Gasteiger partial charge in [0.15, 0.2) is 5.78 Å². The van der Waals surface area contributed by atoms with Gasteiger partial charge >= 0.3 is 0 Å². The van der Waals surface area contributed by atoms with Crippen LogP contribution in [0.4, 0.5) is 5.69 Å². The zero-order chi connectivity index (χ0) is 14.8. The molecule has 1 aliphatic heterocycles. The highest BCUT2D eigenvalue weighted by molar-refractivity contribution is 9.10. The summed E-state index contributed by atoms with van der Waals surface area (Å²) < 4.78 is 0.825. The molecule has 0 atom stereocenters. The first-order chi connectivity index (χ1) is 10.2. The molecule has 0 aliphatic carbocycles. The molecule has 0 saturated carbocycles. The molecule has 1 aromatic carbocycles. The first-order valence-electron chi connectivity index (χ1n) is 6.72. The molecule has 3 rings (SSSR count). The number of amides is 1. The number of hydrogen-bond acceptors (Lipinski definition) is 3. The van der Waals surface area contributed by atoms with Crippen molar-refractivity contribution in [1.82, 2.24) is 4.98 Å². The van der Waals surface area contributed by atoms with Crippen molar-refractivity contribution in [3.05, 3.63) is 58.3 Å². The van der Waals surface area contributed by atoms with Gasteiger partial charge in [-0.15, -0.1) is 0 Å². The number of ketones is 1. The summed E-state index contributed by atoms with van der Waals surface area (Å²) >= 11 is 3.30. The number of carbonyl (C=O) groups excluding carboxylic acids is 2. The summed E-state index contributed by atoms with van der Waals surface area (Å²) in [5.74, 6) is -0.0886. The van der Waals surface area contributed by atoms with Crippen molar-refractivity contribution in [2.75, 3.05) is 11.4 Å². The Labute approximate surface area is 130 Å². The third-order valence-electron chi connectivity index (χ3n) is 3.47. The lowest BCUT2D eigenvalue weighted by molar-refractivity contribution is 0.0971. The molecule has 1 amide bonds. The largest absolute Gasteiger partial charge is 0.306 e. The standard InChI is InChI=1S/C16H13BrN2O2/c17-11-7-8-13(18-10-11)16(21)19-9-3-6-15(20)12-4-1-2-5-14(12)19/h1-2,4-5,7-8,10H,3,6,9H2. The highest BCUT2D eigenvalue weighted by atomic mass is 79.9. The molecule has 0 spiro atoms.